The minimum atomic E-state index is -1.22. The first kappa shape index (κ1) is 10.3. The molecule has 0 saturated carbocycles. The van der Waals surface area contributed by atoms with Gasteiger partial charge in [0, 0.05) is 6.26 Å². The Labute approximate surface area is 79.4 Å². The average molecular weight is 202 g/mol. The molecule has 1 unspecified atom stereocenters. The van der Waals surface area contributed by atoms with Crippen LogP contribution in [0, 0.1) is 5.82 Å². The van der Waals surface area contributed by atoms with Crippen LogP contribution in [0.2, 0.25) is 0 Å². The Morgan fingerprint density at radius 2 is 2.00 bits per heavy atom. The molecule has 72 valence electrons. The first-order valence-corrected chi connectivity index (χ1v) is 5.38. The van der Waals surface area contributed by atoms with Gasteiger partial charge in [-0.3, -0.25) is 4.18 Å². The number of hydrogen-bond acceptors (Lipinski definition) is 2. The predicted molar refractivity (Wildman–Crippen MR) is 50.1 cm³/mol. The largest absolute Gasteiger partial charge is 0.290 e. The number of benzene rings is 1. The number of rotatable bonds is 4. The molecule has 0 N–H and O–H groups in total. The van der Waals surface area contributed by atoms with E-state index in [1.165, 1.54) is 18.4 Å². The Kier molecular flexibility index (Phi) is 4.05. The molecule has 1 aromatic carbocycles. The van der Waals surface area contributed by atoms with Crippen molar-refractivity contribution in [2.24, 2.45) is 0 Å². The van der Waals surface area contributed by atoms with Gasteiger partial charge < -0.3 is 0 Å². The topological polar surface area (TPSA) is 26.3 Å². The molecular formula is C9H11FO2S. The maximum absolute atomic E-state index is 12.5. The van der Waals surface area contributed by atoms with Gasteiger partial charge in [-0.1, -0.05) is 12.1 Å². The summed E-state index contributed by atoms with van der Waals surface area (Å²) in [7, 11) is 0. The summed E-state index contributed by atoms with van der Waals surface area (Å²) in [5.41, 5.74) is 0.979. The van der Waals surface area contributed by atoms with E-state index in [1.54, 1.807) is 12.1 Å². The smallest absolute Gasteiger partial charge is 0.152 e. The summed E-state index contributed by atoms with van der Waals surface area (Å²) in [4.78, 5) is 0. The lowest BCUT2D eigenvalue weighted by atomic mass is 10.2. The van der Waals surface area contributed by atoms with E-state index in [2.05, 4.69) is 0 Å². The lowest BCUT2D eigenvalue weighted by Crippen LogP contribution is -2.00. The molecule has 0 aromatic heterocycles. The first-order valence-electron chi connectivity index (χ1n) is 3.89. The minimum Gasteiger partial charge on any atom is -0.290 e. The van der Waals surface area contributed by atoms with Crippen LogP contribution in [0.1, 0.15) is 5.56 Å². The summed E-state index contributed by atoms with van der Waals surface area (Å²) < 4.78 is 27.8. The molecule has 1 atom stereocenters. The molecule has 4 heteroatoms. The summed E-state index contributed by atoms with van der Waals surface area (Å²) in [6.07, 6.45) is 2.13. The Hall–Kier alpha value is -0.740. The lowest BCUT2D eigenvalue weighted by molar-refractivity contribution is 0.355. The third kappa shape index (κ3) is 4.15. The van der Waals surface area contributed by atoms with Crippen molar-refractivity contribution in [2.75, 3.05) is 12.9 Å². The van der Waals surface area contributed by atoms with Gasteiger partial charge in [0.05, 0.1) is 6.61 Å². The van der Waals surface area contributed by atoms with Gasteiger partial charge in [0.25, 0.3) is 0 Å². The van der Waals surface area contributed by atoms with Crippen LogP contribution in [0.4, 0.5) is 4.39 Å². The van der Waals surface area contributed by atoms with Crippen molar-refractivity contribution in [3.63, 3.8) is 0 Å². The van der Waals surface area contributed by atoms with Gasteiger partial charge in [-0.2, -0.15) is 0 Å². The maximum Gasteiger partial charge on any atom is 0.152 e. The molecule has 0 spiro atoms. The van der Waals surface area contributed by atoms with Crippen LogP contribution in [-0.2, 0) is 21.7 Å². The van der Waals surface area contributed by atoms with Crippen molar-refractivity contribution in [3.05, 3.63) is 35.6 Å². The van der Waals surface area contributed by atoms with Gasteiger partial charge in [0.1, 0.15) is 5.82 Å². The van der Waals surface area contributed by atoms with E-state index >= 15 is 0 Å². The highest BCUT2D eigenvalue weighted by molar-refractivity contribution is 7.79. The molecular weight excluding hydrogens is 191 g/mol. The summed E-state index contributed by atoms with van der Waals surface area (Å²) in [5.74, 6) is -0.247. The van der Waals surface area contributed by atoms with Gasteiger partial charge >= 0.3 is 0 Å². The van der Waals surface area contributed by atoms with Crippen LogP contribution in [0.25, 0.3) is 0 Å². The lowest BCUT2D eigenvalue weighted by Gasteiger charge is -2.00. The molecule has 1 aromatic rings. The van der Waals surface area contributed by atoms with Crippen LogP contribution < -0.4 is 0 Å². The molecule has 0 bridgehead atoms. The fourth-order valence-corrected chi connectivity index (χ4v) is 1.25. The molecule has 0 saturated heterocycles. The van der Waals surface area contributed by atoms with Crippen molar-refractivity contribution in [1.82, 2.24) is 0 Å². The van der Waals surface area contributed by atoms with E-state index in [1.807, 2.05) is 0 Å². The van der Waals surface area contributed by atoms with Gasteiger partial charge in [-0.15, -0.1) is 0 Å². The normalized spacial score (nSPS) is 12.8. The molecule has 0 amide bonds. The van der Waals surface area contributed by atoms with Crippen LogP contribution in [0.15, 0.2) is 24.3 Å². The molecule has 1 rings (SSSR count). The second-order valence-corrected chi connectivity index (χ2v) is 3.64. The zero-order valence-electron chi connectivity index (χ0n) is 7.33. The van der Waals surface area contributed by atoms with E-state index in [9.17, 15) is 8.60 Å². The fourth-order valence-electron chi connectivity index (χ4n) is 0.928. The minimum absolute atomic E-state index is 0.247. The van der Waals surface area contributed by atoms with Crippen LogP contribution in [0.5, 0.6) is 0 Å². The standard InChI is InChI=1S/C9H11FO2S/c1-13(11)12-7-6-8-2-4-9(10)5-3-8/h2-5H,6-7H2,1H3. The highest BCUT2D eigenvalue weighted by Crippen LogP contribution is 2.03. The summed E-state index contributed by atoms with van der Waals surface area (Å²) in [6.45, 7) is 0.398. The van der Waals surface area contributed by atoms with E-state index in [4.69, 9.17) is 4.18 Å². The molecule has 0 fully saturated rings. The summed E-state index contributed by atoms with van der Waals surface area (Å²) in [5, 5.41) is 0. The van der Waals surface area contributed by atoms with Crippen molar-refractivity contribution in [3.8, 4) is 0 Å². The Morgan fingerprint density at radius 3 is 2.54 bits per heavy atom. The van der Waals surface area contributed by atoms with Crippen LogP contribution >= 0.6 is 0 Å². The van der Waals surface area contributed by atoms with Crippen molar-refractivity contribution >= 4 is 11.1 Å². The average Bonchev–Trinajstić information content (AvgIpc) is 2.08. The quantitative estimate of drug-likeness (QED) is 0.742. The molecule has 0 heterocycles. The fraction of sp³-hybridized carbons (Fsp3) is 0.333. The third-order valence-corrected chi connectivity index (χ3v) is 2.05. The van der Waals surface area contributed by atoms with Gasteiger partial charge in [-0.25, -0.2) is 8.60 Å². The molecule has 2 nitrogen and oxygen atoms in total. The van der Waals surface area contributed by atoms with Crippen molar-refractivity contribution < 1.29 is 12.8 Å². The third-order valence-electron chi connectivity index (χ3n) is 1.55. The van der Waals surface area contributed by atoms with E-state index in [-0.39, 0.29) is 5.82 Å². The second-order valence-electron chi connectivity index (χ2n) is 2.60. The summed E-state index contributed by atoms with van der Waals surface area (Å²) in [6, 6.07) is 6.19. The van der Waals surface area contributed by atoms with E-state index < -0.39 is 11.1 Å². The van der Waals surface area contributed by atoms with Gasteiger partial charge in [0.2, 0.25) is 0 Å². The first-order chi connectivity index (χ1) is 6.18. The zero-order chi connectivity index (χ0) is 9.68. The van der Waals surface area contributed by atoms with Crippen molar-refractivity contribution in [1.29, 1.82) is 0 Å². The highest BCUT2D eigenvalue weighted by atomic mass is 32.2. The van der Waals surface area contributed by atoms with E-state index in [0.29, 0.717) is 13.0 Å². The second kappa shape index (κ2) is 5.09. The molecule has 0 aliphatic rings. The van der Waals surface area contributed by atoms with Gasteiger partial charge in [-0.05, 0) is 24.1 Å². The molecule has 0 aliphatic carbocycles. The van der Waals surface area contributed by atoms with Crippen LogP contribution in [0.3, 0.4) is 0 Å². The van der Waals surface area contributed by atoms with Crippen molar-refractivity contribution in [2.45, 2.75) is 6.42 Å². The Bertz CT molecular complexity index is 284. The highest BCUT2D eigenvalue weighted by Gasteiger charge is 1.95. The monoisotopic (exact) mass is 202 g/mol. The molecule has 13 heavy (non-hydrogen) atoms. The SMILES string of the molecule is CS(=O)OCCc1ccc(F)cc1. The van der Waals surface area contributed by atoms with Gasteiger partial charge in [0.15, 0.2) is 11.1 Å². The summed E-state index contributed by atoms with van der Waals surface area (Å²) >= 11 is -1.22. The Balaban J connectivity index is 2.37. The number of hydrogen-bond donors (Lipinski definition) is 0. The maximum atomic E-state index is 12.5. The molecule has 0 aliphatic heterocycles. The zero-order valence-corrected chi connectivity index (χ0v) is 8.14. The predicted octanol–water partition coefficient (Wildman–Crippen LogP) is 1.68. The molecule has 0 radical (unpaired) electrons. The van der Waals surface area contributed by atoms with Crippen LogP contribution in [-0.4, -0.2) is 17.1 Å². The number of halogens is 1. The van der Waals surface area contributed by atoms with E-state index in [0.717, 1.165) is 5.56 Å². The Morgan fingerprint density at radius 1 is 1.38 bits per heavy atom.